The maximum atomic E-state index is 13.2. The number of likely N-dealkylation sites (tertiary alicyclic amines) is 1. The summed E-state index contributed by atoms with van der Waals surface area (Å²) in [5, 5.41) is 6.02. The Balaban J connectivity index is 1.25. The van der Waals surface area contributed by atoms with E-state index in [1.54, 1.807) is 0 Å². The van der Waals surface area contributed by atoms with Crippen molar-refractivity contribution in [1.29, 1.82) is 0 Å². The number of urea groups is 1. The van der Waals surface area contributed by atoms with Gasteiger partial charge in [-0.15, -0.1) is 0 Å². The molecule has 0 aromatic heterocycles. The molecule has 2 saturated heterocycles. The normalized spacial score (nSPS) is 26.3. The number of benzene rings is 1. The first-order valence-corrected chi connectivity index (χ1v) is 13.3. The molecule has 0 atom stereocenters. The molecular formula is C28H42N4O3. The van der Waals surface area contributed by atoms with E-state index in [-0.39, 0.29) is 29.8 Å². The van der Waals surface area contributed by atoms with Crippen molar-refractivity contribution in [3.63, 3.8) is 0 Å². The molecule has 3 fully saturated rings. The topological polar surface area (TPSA) is 81.8 Å². The lowest BCUT2D eigenvalue weighted by molar-refractivity contribution is -0.136. The number of piperidine rings is 1. The summed E-state index contributed by atoms with van der Waals surface area (Å²) < 4.78 is 0. The Hall–Kier alpha value is -2.41. The third-order valence-corrected chi connectivity index (χ3v) is 9.01. The minimum absolute atomic E-state index is 0.0806. The number of amides is 4. The number of nitrogens with one attached hydrogen (secondary N) is 2. The molecule has 0 radical (unpaired) electrons. The van der Waals surface area contributed by atoms with Gasteiger partial charge >= 0.3 is 6.03 Å². The molecule has 7 nitrogen and oxygen atoms in total. The van der Waals surface area contributed by atoms with Crippen molar-refractivity contribution in [3.05, 3.63) is 35.4 Å². The van der Waals surface area contributed by atoms with Crippen LogP contribution in [0.25, 0.3) is 0 Å². The van der Waals surface area contributed by atoms with Crippen molar-refractivity contribution in [3.8, 4) is 0 Å². The number of rotatable bonds is 7. The Labute approximate surface area is 210 Å². The number of imide groups is 1. The van der Waals surface area contributed by atoms with Crippen LogP contribution in [0.15, 0.2) is 24.3 Å². The maximum absolute atomic E-state index is 13.2. The van der Waals surface area contributed by atoms with Gasteiger partial charge in [-0.25, -0.2) is 4.79 Å². The monoisotopic (exact) mass is 482 g/mol. The molecule has 1 saturated carbocycles. The van der Waals surface area contributed by atoms with E-state index in [0.717, 1.165) is 56.6 Å². The molecule has 192 valence electrons. The Bertz CT molecular complexity index is 943. The van der Waals surface area contributed by atoms with Crippen molar-refractivity contribution in [1.82, 2.24) is 20.4 Å². The summed E-state index contributed by atoms with van der Waals surface area (Å²) in [5.41, 5.74) is 2.06. The van der Waals surface area contributed by atoms with Crippen LogP contribution >= 0.6 is 0 Å². The Morgan fingerprint density at radius 2 is 1.77 bits per heavy atom. The van der Waals surface area contributed by atoms with Gasteiger partial charge < -0.3 is 10.6 Å². The predicted molar refractivity (Wildman–Crippen MR) is 137 cm³/mol. The molecule has 4 rings (SSSR count). The smallest absolute Gasteiger partial charge is 0.325 e. The molecule has 2 aliphatic heterocycles. The molecular weight excluding hydrogens is 440 g/mol. The first kappa shape index (κ1) is 25.7. The number of carbonyl (C=O) groups is 3. The second kappa shape index (κ2) is 10.3. The summed E-state index contributed by atoms with van der Waals surface area (Å²) in [6.45, 7) is 11.5. The quantitative estimate of drug-likeness (QED) is 0.576. The molecule has 1 aromatic carbocycles. The van der Waals surface area contributed by atoms with E-state index in [9.17, 15) is 14.4 Å². The fourth-order valence-electron chi connectivity index (χ4n) is 6.02. The largest absolute Gasteiger partial charge is 0.352 e. The molecule has 0 bridgehead atoms. The lowest BCUT2D eigenvalue weighted by Crippen LogP contribution is -2.51. The van der Waals surface area contributed by atoms with E-state index < -0.39 is 11.6 Å². The van der Waals surface area contributed by atoms with Crippen LogP contribution in [-0.2, 0) is 16.1 Å². The molecule has 2 heterocycles. The second-order valence-corrected chi connectivity index (χ2v) is 11.6. The summed E-state index contributed by atoms with van der Waals surface area (Å²) in [5.74, 6) is 0.0824. The van der Waals surface area contributed by atoms with Gasteiger partial charge in [0, 0.05) is 25.7 Å². The summed E-state index contributed by atoms with van der Waals surface area (Å²) in [6.07, 6.45) is 6.00. The van der Waals surface area contributed by atoms with Crippen LogP contribution in [0.5, 0.6) is 0 Å². The predicted octanol–water partition coefficient (Wildman–Crippen LogP) is 3.99. The SMILES string of the molecule is CCC(C)(C)C1CCC2(CC1)NC(=O)N(CC(=O)NC1CCN(Cc3ccccc3C)CC1)C2=O. The van der Waals surface area contributed by atoms with Crippen LogP contribution in [0.1, 0.15) is 76.8 Å². The first-order valence-electron chi connectivity index (χ1n) is 13.3. The van der Waals surface area contributed by atoms with Gasteiger partial charge in [0.2, 0.25) is 5.91 Å². The van der Waals surface area contributed by atoms with E-state index >= 15 is 0 Å². The van der Waals surface area contributed by atoms with Gasteiger partial charge in [0.05, 0.1) is 0 Å². The molecule has 3 aliphatic rings. The highest BCUT2D eigenvalue weighted by molar-refractivity contribution is 6.09. The highest BCUT2D eigenvalue weighted by Crippen LogP contribution is 2.45. The zero-order chi connectivity index (χ0) is 25.2. The lowest BCUT2D eigenvalue weighted by Gasteiger charge is -2.42. The maximum Gasteiger partial charge on any atom is 0.325 e. The van der Waals surface area contributed by atoms with Crippen LogP contribution in [0.4, 0.5) is 4.79 Å². The second-order valence-electron chi connectivity index (χ2n) is 11.6. The molecule has 4 amide bonds. The van der Waals surface area contributed by atoms with Gasteiger partial charge in [-0.2, -0.15) is 0 Å². The Kier molecular flexibility index (Phi) is 7.55. The summed E-state index contributed by atoms with van der Waals surface area (Å²) in [6, 6.07) is 8.10. The minimum Gasteiger partial charge on any atom is -0.352 e. The molecule has 1 aliphatic carbocycles. The number of hydrogen-bond donors (Lipinski definition) is 2. The average Bonchev–Trinajstić information content (AvgIpc) is 3.06. The third kappa shape index (κ3) is 5.55. The summed E-state index contributed by atoms with van der Waals surface area (Å²) in [7, 11) is 0. The van der Waals surface area contributed by atoms with Gasteiger partial charge in [-0.05, 0) is 67.9 Å². The zero-order valence-corrected chi connectivity index (χ0v) is 21.9. The van der Waals surface area contributed by atoms with E-state index in [1.165, 1.54) is 11.1 Å². The molecule has 1 aromatic rings. The van der Waals surface area contributed by atoms with E-state index in [1.807, 2.05) is 0 Å². The van der Waals surface area contributed by atoms with Crippen LogP contribution in [0.3, 0.4) is 0 Å². The van der Waals surface area contributed by atoms with Crippen LogP contribution in [-0.4, -0.2) is 58.9 Å². The average molecular weight is 483 g/mol. The van der Waals surface area contributed by atoms with Crippen LogP contribution < -0.4 is 10.6 Å². The van der Waals surface area contributed by atoms with Gasteiger partial charge in [0.15, 0.2) is 0 Å². The number of aryl methyl sites for hydroxylation is 1. The summed E-state index contributed by atoms with van der Waals surface area (Å²) in [4.78, 5) is 42.2. The fourth-order valence-corrected chi connectivity index (χ4v) is 6.02. The highest BCUT2D eigenvalue weighted by Gasteiger charge is 2.53. The highest BCUT2D eigenvalue weighted by atomic mass is 16.2. The van der Waals surface area contributed by atoms with E-state index in [0.29, 0.717) is 18.8 Å². The van der Waals surface area contributed by atoms with Crippen molar-refractivity contribution >= 4 is 17.8 Å². The van der Waals surface area contributed by atoms with Crippen molar-refractivity contribution in [2.45, 2.75) is 90.8 Å². The van der Waals surface area contributed by atoms with Gasteiger partial charge in [-0.3, -0.25) is 19.4 Å². The van der Waals surface area contributed by atoms with Crippen molar-refractivity contribution < 1.29 is 14.4 Å². The lowest BCUT2D eigenvalue weighted by atomic mass is 9.65. The number of nitrogens with zero attached hydrogens (tertiary/aromatic N) is 2. The molecule has 1 spiro atoms. The van der Waals surface area contributed by atoms with E-state index in [2.05, 4.69) is 67.5 Å². The van der Waals surface area contributed by atoms with Gasteiger partial charge in [-0.1, -0.05) is 51.5 Å². The van der Waals surface area contributed by atoms with Gasteiger partial charge in [0.1, 0.15) is 12.1 Å². The van der Waals surface area contributed by atoms with Crippen molar-refractivity contribution in [2.75, 3.05) is 19.6 Å². The Morgan fingerprint density at radius 1 is 1.11 bits per heavy atom. The Morgan fingerprint density at radius 3 is 2.40 bits per heavy atom. The molecule has 0 unspecified atom stereocenters. The first-order chi connectivity index (χ1) is 16.6. The summed E-state index contributed by atoms with van der Waals surface area (Å²) >= 11 is 0. The third-order valence-electron chi connectivity index (χ3n) is 9.01. The van der Waals surface area contributed by atoms with Gasteiger partial charge in [0.25, 0.3) is 5.91 Å². The van der Waals surface area contributed by atoms with Crippen LogP contribution in [0.2, 0.25) is 0 Å². The van der Waals surface area contributed by atoms with Crippen LogP contribution in [0, 0.1) is 18.3 Å². The zero-order valence-electron chi connectivity index (χ0n) is 21.9. The van der Waals surface area contributed by atoms with E-state index in [4.69, 9.17) is 0 Å². The molecule has 7 heteroatoms. The molecule has 35 heavy (non-hydrogen) atoms. The number of hydrogen-bond acceptors (Lipinski definition) is 4. The molecule has 2 N–H and O–H groups in total. The fraction of sp³-hybridized carbons (Fsp3) is 0.679. The number of carbonyl (C=O) groups excluding carboxylic acids is 3. The standard InChI is InChI=1S/C28H42N4O3/c1-5-27(3,4)22-10-14-28(15-11-22)25(34)32(26(35)30-28)19-24(33)29-23-12-16-31(17-13-23)18-21-9-7-6-8-20(21)2/h6-9,22-23H,5,10-19H2,1-4H3,(H,29,33)(H,30,35). The van der Waals surface area contributed by atoms with Crippen molar-refractivity contribution in [2.24, 2.45) is 11.3 Å². The minimum atomic E-state index is -0.821.